The van der Waals surface area contributed by atoms with Crippen LogP contribution in [-0.2, 0) is 16.0 Å². The number of esters is 1. The summed E-state index contributed by atoms with van der Waals surface area (Å²) in [6, 6.07) is 14.4. The molecule has 2 aromatic rings. The van der Waals surface area contributed by atoms with Gasteiger partial charge in [0.25, 0.3) is 0 Å². The number of hydrogen-bond donors (Lipinski definition) is 0. The summed E-state index contributed by atoms with van der Waals surface area (Å²) in [6.07, 6.45) is 0.329. The molecule has 0 fully saturated rings. The van der Waals surface area contributed by atoms with E-state index in [0.29, 0.717) is 6.42 Å². The highest BCUT2D eigenvalue weighted by molar-refractivity contribution is 8.05. The van der Waals surface area contributed by atoms with E-state index in [4.69, 9.17) is 4.74 Å². The molecule has 0 radical (unpaired) electrons. The minimum Gasteiger partial charge on any atom is -0.469 e. The monoisotopic (exact) mass is 288 g/mol. The minimum absolute atomic E-state index is 0.196. The third-order valence-electron chi connectivity index (χ3n) is 2.90. The highest BCUT2D eigenvalue weighted by Gasteiger charge is 2.20. The summed E-state index contributed by atoms with van der Waals surface area (Å²) in [6.45, 7) is 0. The Kier molecular flexibility index (Phi) is 3.53. The Morgan fingerprint density at radius 3 is 2.42 bits per heavy atom. The molecule has 0 unspecified atom stereocenters. The summed E-state index contributed by atoms with van der Waals surface area (Å²) in [4.78, 5) is 16.4. The highest BCUT2D eigenvalue weighted by Crippen LogP contribution is 2.49. The average Bonchev–Trinajstić information content (AvgIpc) is 2.45. The van der Waals surface area contributed by atoms with E-state index in [-0.39, 0.29) is 5.97 Å². The predicted octanol–water partition coefficient (Wildman–Crippen LogP) is 4.02. The van der Waals surface area contributed by atoms with Crippen LogP contribution in [0.2, 0.25) is 0 Å². The molecule has 0 aliphatic carbocycles. The van der Waals surface area contributed by atoms with Crippen LogP contribution >= 0.6 is 23.5 Å². The number of carbonyl (C=O) groups is 1. The molecule has 0 spiro atoms. The normalized spacial score (nSPS) is 12.5. The molecule has 0 aromatic heterocycles. The van der Waals surface area contributed by atoms with Crippen LogP contribution in [0.15, 0.2) is 62.0 Å². The molecular formula is C15H12O2S2. The Balaban J connectivity index is 1.99. The Morgan fingerprint density at radius 2 is 1.68 bits per heavy atom. The number of methoxy groups -OCH3 is 1. The topological polar surface area (TPSA) is 26.3 Å². The van der Waals surface area contributed by atoms with E-state index in [1.807, 2.05) is 18.2 Å². The van der Waals surface area contributed by atoms with Gasteiger partial charge in [0, 0.05) is 19.6 Å². The van der Waals surface area contributed by atoms with Crippen LogP contribution in [0.5, 0.6) is 0 Å². The predicted molar refractivity (Wildman–Crippen MR) is 76.9 cm³/mol. The van der Waals surface area contributed by atoms with Crippen molar-refractivity contribution in [2.75, 3.05) is 7.11 Å². The van der Waals surface area contributed by atoms with Gasteiger partial charge in [0.2, 0.25) is 0 Å². The zero-order chi connectivity index (χ0) is 13.2. The molecule has 1 aliphatic heterocycles. The van der Waals surface area contributed by atoms with Crippen molar-refractivity contribution in [1.82, 2.24) is 0 Å². The number of fused-ring (bicyclic) bond motifs is 2. The number of hydrogen-bond acceptors (Lipinski definition) is 4. The SMILES string of the molecule is COC(=O)Cc1cccc2c1Sc1ccccc1S2. The molecular weight excluding hydrogens is 276 g/mol. The second kappa shape index (κ2) is 5.31. The standard InChI is InChI=1S/C15H12O2S2/c1-17-14(16)9-10-5-4-8-13-15(10)19-12-7-3-2-6-11(12)18-13/h2-8H,9H2,1H3. The smallest absolute Gasteiger partial charge is 0.310 e. The molecule has 19 heavy (non-hydrogen) atoms. The maximum atomic E-state index is 11.5. The molecule has 0 saturated heterocycles. The van der Waals surface area contributed by atoms with Gasteiger partial charge in [-0.05, 0) is 23.8 Å². The van der Waals surface area contributed by atoms with E-state index >= 15 is 0 Å². The van der Waals surface area contributed by atoms with E-state index in [9.17, 15) is 4.79 Å². The lowest BCUT2D eigenvalue weighted by molar-refractivity contribution is -0.139. The first kappa shape index (κ1) is 12.6. The van der Waals surface area contributed by atoms with Gasteiger partial charge in [0.15, 0.2) is 0 Å². The second-order valence-corrected chi connectivity index (χ2v) is 6.28. The fourth-order valence-corrected chi connectivity index (χ4v) is 4.37. The van der Waals surface area contributed by atoms with Crippen molar-refractivity contribution < 1.29 is 9.53 Å². The molecule has 0 N–H and O–H groups in total. The van der Waals surface area contributed by atoms with Crippen molar-refractivity contribution in [3.8, 4) is 0 Å². The van der Waals surface area contributed by atoms with Crippen molar-refractivity contribution >= 4 is 29.5 Å². The van der Waals surface area contributed by atoms with Gasteiger partial charge in [-0.3, -0.25) is 4.79 Å². The van der Waals surface area contributed by atoms with Crippen LogP contribution in [0.4, 0.5) is 0 Å². The summed E-state index contributed by atoms with van der Waals surface area (Å²) in [5.41, 5.74) is 1.04. The fourth-order valence-electron chi connectivity index (χ4n) is 1.97. The fraction of sp³-hybridized carbons (Fsp3) is 0.133. The van der Waals surface area contributed by atoms with Crippen molar-refractivity contribution in [1.29, 1.82) is 0 Å². The first-order valence-corrected chi connectivity index (χ1v) is 7.54. The van der Waals surface area contributed by atoms with Crippen LogP contribution in [0, 0.1) is 0 Å². The lowest BCUT2D eigenvalue weighted by Gasteiger charge is -2.20. The Labute approximate surface area is 120 Å². The molecule has 2 nitrogen and oxygen atoms in total. The third-order valence-corrected chi connectivity index (χ3v) is 5.56. The van der Waals surface area contributed by atoms with E-state index in [2.05, 4.69) is 24.3 Å². The van der Waals surface area contributed by atoms with Gasteiger partial charge in [-0.15, -0.1) is 0 Å². The molecule has 0 amide bonds. The minimum atomic E-state index is -0.196. The van der Waals surface area contributed by atoms with Crippen LogP contribution in [0.1, 0.15) is 5.56 Å². The van der Waals surface area contributed by atoms with Gasteiger partial charge in [-0.25, -0.2) is 0 Å². The molecule has 2 aromatic carbocycles. The van der Waals surface area contributed by atoms with Crippen molar-refractivity contribution in [2.45, 2.75) is 26.0 Å². The molecule has 3 rings (SSSR count). The molecule has 96 valence electrons. The Morgan fingerprint density at radius 1 is 1.00 bits per heavy atom. The summed E-state index contributed by atoms with van der Waals surface area (Å²) < 4.78 is 4.76. The van der Waals surface area contributed by atoms with E-state index in [1.165, 1.54) is 26.7 Å². The third kappa shape index (κ3) is 2.51. The molecule has 0 atom stereocenters. The number of benzene rings is 2. The molecule has 0 saturated carbocycles. The number of rotatable bonds is 2. The summed E-state index contributed by atoms with van der Waals surface area (Å²) in [7, 11) is 1.43. The van der Waals surface area contributed by atoms with Gasteiger partial charge < -0.3 is 4.74 Å². The maximum absolute atomic E-state index is 11.5. The van der Waals surface area contributed by atoms with Crippen molar-refractivity contribution in [2.24, 2.45) is 0 Å². The van der Waals surface area contributed by atoms with E-state index < -0.39 is 0 Å². The molecule has 4 heteroatoms. The summed E-state index contributed by atoms with van der Waals surface area (Å²) in [5, 5.41) is 0. The first-order chi connectivity index (χ1) is 9.28. The van der Waals surface area contributed by atoms with Crippen LogP contribution in [0.3, 0.4) is 0 Å². The summed E-state index contributed by atoms with van der Waals surface area (Å²) in [5.74, 6) is -0.196. The maximum Gasteiger partial charge on any atom is 0.310 e. The quantitative estimate of drug-likeness (QED) is 0.665. The lowest BCUT2D eigenvalue weighted by Crippen LogP contribution is -2.06. The van der Waals surface area contributed by atoms with Gasteiger partial charge in [0.05, 0.1) is 13.5 Å². The van der Waals surface area contributed by atoms with E-state index in [0.717, 1.165) is 5.56 Å². The largest absolute Gasteiger partial charge is 0.469 e. The molecule has 0 bridgehead atoms. The molecule has 1 heterocycles. The number of ether oxygens (including phenoxy) is 1. The van der Waals surface area contributed by atoms with Gasteiger partial charge >= 0.3 is 5.97 Å². The van der Waals surface area contributed by atoms with Crippen molar-refractivity contribution in [3.05, 3.63) is 48.0 Å². The molecule has 1 aliphatic rings. The van der Waals surface area contributed by atoms with Gasteiger partial charge in [-0.1, -0.05) is 47.8 Å². The van der Waals surface area contributed by atoms with Crippen LogP contribution in [0.25, 0.3) is 0 Å². The second-order valence-electron chi connectivity index (χ2n) is 4.15. The number of carbonyl (C=O) groups excluding carboxylic acids is 1. The summed E-state index contributed by atoms with van der Waals surface area (Å²) >= 11 is 3.49. The zero-order valence-electron chi connectivity index (χ0n) is 10.4. The average molecular weight is 288 g/mol. The zero-order valence-corrected chi connectivity index (χ0v) is 12.0. The van der Waals surface area contributed by atoms with E-state index in [1.54, 1.807) is 23.5 Å². The highest BCUT2D eigenvalue weighted by atomic mass is 32.2. The van der Waals surface area contributed by atoms with Crippen molar-refractivity contribution in [3.63, 3.8) is 0 Å². The van der Waals surface area contributed by atoms with Crippen LogP contribution < -0.4 is 0 Å². The van der Waals surface area contributed by atoms with Gasteiger partial charge in [-0.2, -0.15) is 0 Å². The first-order valence-electron chi connectivity index (χ1n) is 5.91. The lowest BCUT2D eigenvalue weighted by atomic mass is 10.1. The van der Waals surface area contributed by atoms with Gasteiger partial charge in [0.1, 0.15) is 0 Å². The Bertz CT molecular complexity index is 638. The van der Waals surface area contributed by atoms with Crippen LogP contribution in [-0.4, -0.2) is 13.1 Å². The Hall–Kier alpha value is -1.39.